The SMILES string of the molecule is C=C(C)O/C=C(N)/C=C(\C)[C@@H]1C/C=C(/C)CC2CC2[C@H](C)[C@H](O)[C@@H](C)C(=O)C(C)(C)[C@@H](O)CC(=O)O1. The number of hydrogen-bond donors (Lipinski definition) is 3. The molecule has 0 bridgehead atoms. The van der Waals surface area contributed by atoms with E-state index in [1.165, 1.54) is 11.8 Å². The van der Waals surface area contributed by atoms with Gasteiger partial charge in [-0.15, -0.1) is 0 Å². The summed E-state index contributed by atoms with van der Waals surface area (Å²) in [5.41, 5.74) is 7.08. The predicted octanol–water partition coefficient (Wildman–Crippen LogP) is 4.55. The maximum absolute atomic E-state index is 13.3. The topological polar surface area (TPSA) is 119 Å². The van der Waals surface area contributed by atoms with Gasteiger partial charge < -0.3 is 25.4 Å². The van der Waals surface area contributed by atoms with Crippen LogP contribution in [0.3, 0.4) is 0 Å². The first-order chi connectivity index (χ1) is 16.6. The third kappa shape index (κ3) is 7.81. The van der Waals surface area contributed by atoms with Gasteiger partial charge in [0.05, 0.1) is 35.5 Å². The summed E-state index contributed by atoms with van der Waals surface area (Å²) in [6, 6.07) is 0. The molecular weight excluding hydrogens is 458 g/mol. The molecule has 4 N–H and O–H groups in total. The van der Waals surface area contributed by atoms with Crippen LogP contribution in [-0.2, 0) is 19.1 Å². The van der Waals surface area contributed by atoms with E-state index in [0.29, 0.717) is 29.7 Å². The molecule has 0 aromatic rings. The number of ether oxygens (including phenoxy) is 2. The van der Waals surface area contributed by atoms with Crippen LogP contribution in [0, 0.1) is 29.1 Å². The van der Waals surface area contributed by atoms with Crippen molar-refractivity contribution in [3.8, 4) is 0 Å². The maximum atomic E-state index is 13.3. The number of cyclic esters (lactones) is 1. The number of Topliss-reactive ketones (excluding diaryl/α,β-unsaturated/α-hetero) is 1. The molecule has 1 fully saturated rings. The van der Waals surface area contributed by atoms with E-state index in [0.717, 1.165) is 18.4 Å². The normalized spacial score (nSPS) is 36.2. The number of rotatable bonds is 4. The fourth-order valence-electron chi connectivity index (χ4n) is 5.07. The Balaban J connectivity index is 2.35. The molecule has 0 amide bonds. The third-order valence-electron chi connectivity index (χ3n) is 7.78. The van der Waals surface area contributed by atoms with Crippen molar-refractivity contribution in [1.82, 2.24) is 0 Å². The van der Waals surface area contributed by atoms with Crippen LogP contribution in [0.1, 0.15) is 74.1 Å². The van der Waals surface area contributed by atoms with Crippen molar-refractivity contribution in [1.29, 1.82) is 0 Å². The van der Waals surface area contributed by atoms with Gasteiger partial charge in [-0.3, -0.25) is 9.59 Å². The number of hydrogen-bond acceptors (Lipinski definition) is 7. The number of aliphatic hydroxyl groups is 2. The number of carbonyl (C=O) groups is 2. The van der Waals surface area contributed by atoms with Gasteiger partial charge in [-0.05, 0) is 63.0 Å². The second-order valence-electron chi connectivity index (χ2n) is 11.4. The number of esters is 1. The van der Waals surface area contributed by atoms with Crippen LogP contribution in [0.5, 0.6) is 0 Å². The lowest BCUT2D eigenvalue weighted by Crippen LogP contribution is -2.46. The van der Waals surface area contributed by atoms with Crippen molar-refractivity contribution in [2.75, 3.05) is 0 Å². The lowest BCUT2D eigenvalue weighted by atomic mass is 9.72. The number of carbonyl (C=O) groups excluding carboxylic acids is 2. The number of nitrogens with two attached hydrogens (primary N) is 1. The average Bonchev–Trinajstić information content (AvgIpc) is 3.56. The van der Waals surface area contributed by atoms with Crippen molar-refractivity contribution < 1.29 is 29.3 Å². The molecule has 2 rings (SSSR count). The van der Waals surface area contributed by atoms with E-state index in [9.17, 15) is 19.8 Å². The van der Waals surface area contributed by atoms with Gasteiger partial charge in [-0.2, -0.15) is 0 Å². The van der Waals surface area contributed by atoms with Crippen LogP contribution in [0.25, 0.3) is 0 Å². The minimum absolute atomic E-state index is 0.0262. The van der Waals surface area contributed by atoms with Crippen LogP contribution in [0.15, 0.2) is 47.6 Å². The average molecular weight is 504 g/mol. The highest BCUT2D eigenvalue weighted by Gasteiger charge is 2.47. The van der Waals surface area contributed by atoms with Crippen LogP contribution < -0.4 is 5.73 Å². The highest BCUT2D eigenvalue weighted by atomic mass is 16.5. The number of aliphatic hydroxyl groups excluding tert-OH is 2. The quantitative estimate of drug-likeness (QED) is 0.223. The van der Waals surface area contributed by atoms with Gasteiger partial charge in [0.1, 0.15) is 18.1 Å². The molecule has 2 aliphatic rings. The molecule has 1 heterocycles. The number of ketones is 1. The van der Waals surface area contributed by atoms with Gasteiger partial charge >= 0.3 is 5.97 Å². The zero-order chi connectivity index (χ0) is 27.4. The maximum Gasteiger partial charge on any atom is 0.309 e. The molecule has 0 saturated heterocycles. The van der Waals surface area contributed by atoms with Gasteiger partial charge in [-0.25, -0.2) is 0 Å². The smallest absolute Gasteiger partial charge is 0.309 e. The summed E-state index contributed by atoms with van der Waals surface area (Å²) in [5, 5.41) is 21.8. The predicted molar refractivity (Wildman–Crippen MR) is 140 cm³/mol. The molecular formula is C29H45NO6. The molecule has 0 spiro atoms. The van der Waals surface area contributed by atoms with E-state index in [2.05, 4.69) is 19.6 Å². The van der Waals surface area contributed by atoms with Crippen molar-refractivity contribution in [2.24, 2.45) is 34.8 Å². The molecule has 202 valence electrons. The Morgan fingerprint density at radius 1 is 1.22 bits per heavy atom. The molecule has 36 heavy (non-hydrogen) atoms. The summed E-state index contributed by atoms with van der Waals surface area (Å²) in [6.45, 7) is 16.2. The summed E-state index contributed by atoms with van der Waals surface area (Å²) in [7, 11) is 0. The van der Waals surface area contributed by atoms with Gasteiger partial charge in [0.25, 0.3) is 0 Å². The van der Waals surface area contributed by atoms with E-state index < -0.39 is 35.6 Å². The minimum atomic E-state index is -1.25. The third-order valence-corrected chi connectivity index (χ3v) is 7.78. The van der Waals surface area contributed by atoms with Crippen LogP contribution in [-0.4, -0.2) is 40.3 Å². The molecule has 7 atom stereocenters. The second kappa shape index (κ2) is 12.2. The molecule has 1 aliphatic heterocycles. The van der Waals surface area contributed by atoms with E-state index in [4.69, 9.17) is 15.2 Å². The standard InChI is InChI=1S/C29H45NO6/c1-16(2)35-15-22(30)12-18(4)24-10-9-17(3)11-21-13-23(21)19(5)27(33)20(6)28(34)29(7,8)25(31)14-26(32)36-24/h9,12,15,19-21,23-25,27,31,33H,1,10-11,13-14,30H2,2-8H3/b17-9-,18-12+,22-15-/t19-,20+,21?,23?,24-,25-,27-/m0/s1. The Hall–Kier alpha value is -2.38. The van der Waals surface area contributed by atoms with Crippen LogP contribution in [0.4, 0.5) is 0 Å². The van der Waals surface area contributed by atoms with Gasteiger partial charge in [0.2, 0.25) is 0 Å². The minimum Gasteiger partial charge on any atom is -0.468 e. The largest absolute Gasteiger partial charge is 0.468 e. The highest BCUT2D eigenvalue weighted by Crippen LogP contribution is 2.50. The molecule has 7 nitrogen and oxygen atoms in total. The van der Waals surface area contributed by atoms with Gasteiger partial charge in [0, 0.05) is 12.3 Å². The van der Waals surface area contributed by atoms with E-state index in [1.807, 2.05) is 13.8 Å². The summed E-state index contributed by atoms with van der Waals surface area (Å²) >= 11 is 0. The molecule has 0 radical (unpaired) electrons. The molecule has 2 unspecified atom stereocenters. The molecule has 0 aromatic carbocycles. The van der Waals surface area contributed by atoms with E-state index in [1.54, 1.807) is 33.8 Å². The summed E-state index contributed by atoms with van der Waals surface area (Å²) < 4.78 is 11.0. The number of fused-ring (bicyclic) bond motifs is 1. The first-order valence-electron chi connectivity index (χ1n) is 12.9. The zero-order valence-electron chi connectivity index (χ0n) is 22.9. The Labute approximate surface area is 216 Å². The van der Waals surface area contributed by atoms with E-state index >= 15 is 0 Å². The number of allylic oxidation sites excluding steroid dienone is 3. The molecule has 0 aromatic heterocycles. The van der Waals surface area contributed by atoms with Crippen molar-refractivity contribution in [3.05, 3.63) is 47.6 Å². The first-order valence-corrected chi connectivity index (χ1v) is 12.9. The Bertz CT molecular complexity index is 930. The van der Waals surface area contributed by atoms with Crippen molar-refractivity contribution >= 4 is 11.8 Å². The summed E-state index contributed by atoms with van der Waals surface area (Å²) in [5.74, 6) is -0.237. The highest BCUT2D eigenvalue weighted by molar-refractivity contribution is 5.88. The lowest BCUT2D eigenvalue weighted by Gasteiger charge is -2.34. The van der Waals surface area contributed by atoms with Gasteiger partial charge in [-0.1, -0.05) is 45.9 Å². The van der Waals surface area contributed by atoms with Crippen LogP contribution in [0.2, 0.25) is 0 Å². The fraction of sp³-hybridized carbons (Fsp3) is 0.655. The monoisotopic (exact) mass is 503 g/mol. The molecule has 1 aliphatic carbocycles. The van der Waals surface area contributed by atoms with Crippen molar-refractivity contribution in [3.63, 3.8) is 0 Å². The fourth-order valence-corrected chi connectivity index (χ4v) is 5.07. The summed E-state index contributed by atoms with van der Waals surface area (Å²) in [4.78, 5) is 26.1. The molecule has 7 heteroatoms. The Morgan fingerprint density at radius 2 is 1.86 bits per heavy atom. The zero-order valence-corrected chi connectivity index (χ0v) is 22.9. The summed E-state index contributed by atoms with van der Waals surface area (Å²) in [6.07, 6.45) is 4.54. The Kier molecular flexibility index (Phi) is 10.1. The van der Waals surface area contributed by atoms with E-state index in [-0.39, 0.29) is 18.1 Å². The van der Waals surface area contributed by atoms with Gasteiger partial charge in [0.15, 0.2) is 0 Å². The second-order valence-corrected chi connectivity index (χ2v) is 11.4. The van der Waals surface area contributed by atoms with Crippen molar-refractivity contribution in [2.45, 2.75) is 92.5 Å². The first kappa shape index (κ1) is 29.8. The Morgan fingerprint density at radius 3 is 2.47 bits per heavy atom. The molecule has 1 saturated carbocycles. The lowest BCUT2D eigenvalue weighted by molar-refractivity contribution is -0.154. The van der Waals surface area contributed by atoms with Crippen LogP contribution >= 0.6 is 0 Å².